The summed E-state index contributed by atoms with van der Waals surface area (Å²) in [6, 6.07) is 11.7. The van der Waals surface area contributed by atoms with Crippen LogP contribution in [0.4, 0.5) is 10.5 Å². The van der Waals surface area contributed by atoms with Crippen molar-refractivity contribution < 1.29 is 14.4 Å². The summed E-state index contributed by atoms with van der Waals surface area (Å²) in [5.41, 5.74) is 2.68. The number of carbonyl (C=O) groups excluding carboxylic acids is 3. The summed E-state index contributed by atoms with van der Waals surface area (Å²) in [6.45, 7) is 1.82. The topological polar surface area (TPSA) is 71.4 Å². The second-order valence-electron chi connectivity index (χ2n) is 6.60. The molecule has 28 heavy (non-hydrogen) atoms. The molecular formula is C21H16ClN3O3. The third-order valence-electron chi connectivity index (χ3n) is 4.74. The van der Waals surface area contributed by atoms with E-state index in [4.69, 9.17) is 11.6 Å². The summed E-state index contributed by atoms with van der Waals surface area (Å²) in [5, 5.41) is 3.55. The number of urea groups is 1. The maximum Gasteiger partial charge on any atom is 0.335 e. The molecule has 1 aliphatic rings. The van der Waals surface area contributed by atoms with Gasteiger partial charge in [-0.1, -0.05) is 35.9 Å². The van der Waals surface area contributed by atoms with E-state index in [1.54, 1.807) is 12.1 Å². The first-order valence-corrected chi connectivity index (χ1v) is 8.96. The molecule has 140 valence electrons. The lowest BCUT2D eigenvalue weighted by molar-refractivity contribution is -0.122. The Morgan fingerprint density at radius 1 is 1.07 bits per heavy atom. The number of anilines is 1. The fraction of sp³-hybridized carbons (Fsp3) is 0.0952. The minimum absolute atomic E-state index is 0.118. The van der Waals surface area contributed by atoms with Crippen LogP contribution < -0.4 is 10.2 Å². The van der Waals surface area contributed by atoms with E-state index in [1.807, 2.05) is 49.0 Å². The van der Waals surface area contributed by atoms with Crippen LogP contribution >= 0.6 is 11.6 Å². The average Bonchev–Trinajstić information content (AvgIpc) is 2.97. The summed E-state index contributed by atoms with van der Waals surface area (Å²) >= 11 is 6.14. The van der Waals surface area contributed by atoms with E-state index in [0.717, 1.165) is 21.4 Å². The molecule has 7 heteroatoms. The van der Waals surface area contributed by atoms with Crippen LogP contribution in [0.25, 0.3) is 17.0 Å². The minimum atomic E-state index is -0.801. The van der Waals surface area contributed by atoms with Gasteiger partial charge in [-0.05, 0) is 36.8 Å². The van der Waals surface area contributed by atoms with Crippen LogP contribution in [-0.4, -0.2) is 22.4 Å². The Hall–Kier alpha value is -3.38. The summed E-state index contributed by atoms with van der Waals surface area (Å²) in [5.74, 6) is -1.42. The molecule has 0 atom stereocenters. The Labute approximate surface area is 166 Å². The van der Waals surface area contributed by atoms with E-state index in [9.17, 15) is 14.4 Å². The van der Waals surface area contributed by atoms with Gasteiger partial charge in [0.05, 0.1) is 5.69 Å². The lowest BCUT2D eigenvalue weighted by Crippen LogP contribution is -2.54. The third-order valence-corrected chi connectivity index (χ3v) is 5.15. The summed E-state index contributed by atoms with van der Waals surface area (Å²) in [7, 11) is 1.89. The van der Waals surface area contributed by atoms with Gasteiger partial charge >= 0.3 is 6.03 Å². The zero-order valence-electron chi connectivity index (χ0n) is 15.2. The van der Waals surface area contributed by atoms with Crippen LogP contribution in [-0.2, 0) is 16.6 Å². The van der Waals surface area contributed by atoms with Crippen LogP contribution in [0.1, 0.15) is 11.1 Å². The zero-order valence-corrected chi connectivity index (χ0v) is 15.9. The molecule has 2 aromatic carbocycles. The van der Waals surface area contributed by atoms with Crippen molar-refractivity contribution in [1.29, 1.82) is 0 Å². The van der Waals surface area contributed by atoms with Gasteiger partial charge in [-0.2, -0.15) is 0 Å². The van der Waals surface area contributed by atoms with Crippen molar-refractivity contribution in [2.45, 2.75) is 6.92 Å². The lowest BCUT2D eigenvalue weighted by Gasteiger charge is -2.26. The number of nitrogens with zero attached hydrogens (tertiary/aromatic N) is 2. The number of hydrogen-bond acceptors (Lipinski definition) is 3. The Morgan fingerprint density at radius 2 is 1.82 bits per heavy atom. The number of amides is 4. The van der Waals surface area contributed by atoms with E-state index in [-0.39, 0.29) is 5.57 Å². The minimum Gasteiger partial charge on any atom is -0.350 e. The molecule has 3 aromatic rings. The largest absolute Gasteiger partial charge is 0.350 e. The van der Waals surface area contributed by atoms with Crippen LogP contribution in [0.5, 0.6) is 0 Å². The smallest absolute Gasteiger partial charge is 0.335 e. The van der Waals surface area contributed by atoms with E-state index in [2.05, 4.69) is 5.32 Å². The van der Waals surface area contributed by atoms with Gasteiger partial charge in [0.25, 0.3) is 11.8 Å². The van der Waals surface area contributed by atoms with Crippen molar-refractivity contribution in [3.63, 3.8) is 0 Å². The van der Waals surface area contributed by atoms with Gasteiger partial charge in [0, 0.05) is 34.7 Å². The zero-order chi connectivity index (χ0) is 20.0. The number of para-hydroxylation sites is 1. The van der Waals surface area contributed by atoms with Gasteiger partial charge in [-0.25, -0.2) is 9.69 Å². The van der Waals surface area contributed by atoms with E-state index in [0.29, 0.717) is 16.3 Å². The number of imide groups is 2. The van der Waals surface area contributed by atoms with E-state index in [1.165, 1.54) is 12.1 Å². The Kier molecular flexibility index (Phi) is 4.28. The maximum absolute atomic E-state index is 13.0. The van der Waals surface area contributed by atoms with Gasteiger partial charge in [-0.3, -0.25) is 14.9 Å². The highest BCUT2D eigenvalue weighted by Crippen LogP contribution is 2.28. The number of aromatic nitrogens is 1. The number of barbiturate groups is 1. The molecular weight excluding hydrogens is 378 g/mol. The van der Waals surface area contributed by atoms with Crippen molar-refractivity contribution >= 4 is 52.1 Å². The molecule has 1 aliphatic heterocycles. The van der Waals surface area contributed by atoms with Gasteiger partial charge in [-0.15, -0.1) is 0 Å². The van der Waals surface area contributed by atoms with Crippen LogP contribution in [0.15, 0.2) is 54.2 Å². The van der Waals surface area contributed by atoms with Crippen molar-refractivity contribution in [3.8, 4) is 0 Å². The van der Waals surface area contributed by atoms with Crippen molar-refractivity contribution in [2.24, 2.45) is 7.05 Å². The molecule has 0 saturated carbocycles. The van der Waals surface area contributed by atoms with Gasteiger partial charge < -0.3 is 4.57 Å². The van der Waals surface area contributed by atoms with Crippen molar-refractivity contribution in [1.82, 2.24) is 9.88 Å². The number of hydrogen-bond donors (Lipinski definition) is 1. The van der Waals surface area contributed by atoms with Crippen LogP contribution in [0.2, 0.25) is 5.02 Å². The standard InChI is InChI=1S/C21H16ClN3O3/c1-12-7-8-14(10-17(12)22)25-20(27)16(19(26)23-21(25)28)9-13-11-24(2)18-6-4-3-5-15(13)18/h3-11H,1-2H3,(H,23,26,28)/b16-9+. The number of benzene rings is 2. The normalized spacial score (nSPS) is 16.2. The summed E-state index contributed by atoms with van der Waals surface area (Å²) in [4.78, 5) is 38.6. The second-order valence-corrected chi connectivity index (χ2v) is 7.01. The Balaban J connectivity index is 1.81. The van der Waals surface area contributed by atoms with Crippen LogP contribution in [0, 0.1) is 6.92 Å². The molecule has 0 spiro atoms. The van der Waals surface area contributed by atoms with Crippen molar-refractivity contribution in [2.75, 3.05) is 4.90 Å². The molecule has 2 heterocycles. The fourth-order valence-electron chi connectivity index (χ4n) is 3.26. The number of carbonyl (C=O) groups is 3. The summed E-state index contributed by atoms with van der Waals surface area (Å²) < 4.78 is 1.91. The molecule has 1 aromatic heterocycles. The molecule has 1 N–H and O–H groups in total. The predicted molar refractivity (Wildman–Crippen MR) is 108 cm³/mol. The number of halogens is 1. The highest BCUT2D eigenvalue weighted by Gasteiger charge is 2.37. The molecule has 0 aliphatic carbocycles. The van der Waals surface area contributed by atoms with Gasteiger partial charge in [0.1, 0.15) is 5.57 Å². The monoisotopic (exact) mass is 393 g/mol. The maximum atomic E-state index is 13.0. The van der Waals surface area contributed by atoms with Gasteiger partial charge in [0.2, 0.25) is 0 Å². The molecule has 0 bridgehead atoms. The number of nitrogens with one attached hydrogen (secondary N) is 1. The average molecular weight is 394 g/mol. The first-order valence-electron chi connectivity index (χ1n) is 8.58. The third kappa shape index (κ3) is 2.88. The second kappa shape index (κ2) is 6.65. The molecule has 6 nitrogen and oxygen atoms in total. The quantitative estimate of drug-likeness (QED) is 0.531. The highest BCUT2D eigenvalue weighted by molar-refractivity contribution is 6.39. The molecule has 0 radical (unpaired) electrons. The molecule has 1 fully saturated rings. The SMILES string of the molecule is Cc1ccc(N2C(=O)NC(=O)/C(=C\c3cn(C)c4ccccc34)C2=O)cc1Cl. The molecule has 4 rings (SSSR count). The van der Waals surface area contributed by atoms with Crippen molar-refractivity contribution in [3.05, 3.63) is 70.4 Å². The van der Waals surface area contributed by atoms with E-state index >= 15 is 0 Å². The van der Waals surface area contributed by atoms with E-state index < -0.39 is 17.8 Å². The first-order chi connectivity index (χ1) is 13.4. The Bertz CT molecular complexity index is 1190. The highest BCUT2D eigenvalue weighted by atomic mass is 35.5. The number of rotatable bonds is 2. The first kappa shape index (κ1) is 18.0. The van der Waals surface area contributed by atoms with Crippen LogP contribution in [0.3, 0.4) is 0 Å². The lowest BCUT2D eigenvalue weighted by atomic mass is 10.1. The number of fused-ring (bicyclic) bond motifs is 1. The Morgan fingerprint density at radius 3 is 2.57 bits per heavy atom. The summed E-state index contributed by atoms with van der Waals surface area (Å²) in [6.07, 6.45) is 3.34. The molecule has 0 unspecified atom stereocenters. The van der Waals surface area contributed by atoms with Gasteiger partial charge in [0.15, 0.2) is 0 Å². The number of aryl methyl sites for hydroxylation is 2. The predicted octanol–water partition coefficient (Wildman–Crippen LogP) is 3.81. The molecule has 4 amide bonds. The molecule has 1 saturated heterocycles. The fourth-order valence-corrected chi connectivity index (χ4v) is 3.43.